The molecule has 0 radical (unpaired) electrons. The minimum absolute atomic E-state index is 0.0234. The van der Waals surface area contributed by atoms with E-state index in [0.717, 1.165) is 5.56 Å². The number of amides is 1. The molecule has 3 N–H and O–H groups in total. The van der Waals surface area contributed by atoms with Crippen LogP contribution in [0.4, 0.5) is 9.18 Å². The van der Waals surface area contributed by atoms with Gasteiger partial charge < -0.3 is 20.5 Å². The van der Waals surface area contributed by atoms with Crippen LogP contribution in [0.1, 0.15) is 37.9 Å². The molecular formula is C15H23FN2O3. The van der Waals surface area contributed by atoms with Crippen molar-refractivity contribution < 1.29 is 18.7 Å². The number of hydrogen-bond donors (Lipinski definition) is 2. The fraction of sp³-hybridized carbons (Fsp3) is 0.533. The number of benzene rings is 1. The topological polar surface area (TPSA) is 73.6 Å². The lowest BCUT2D eigenvalue weighted by Crippen LogP contribution is -2.38. The molecule has 0 saturated heterocycles. The van der Waals surface area contributed by atoms with E-state index in [-0.39, 0.29) is 12.1 Å². The molecule has 0 fully saturated rings. The zero-order valence-corrected chi connectivity index (χ0v) is 13.1. The molecule has 0 aliphatic rings. The normalized spacial score (nSPS) is 12.7. The number of nitrogens with one attached hydrogen (secondary N) is 1. The Hall–Kier alpha value is -1.82. The van der Waals surface area contributed by atoms with Crippen LogP contribution in [0.2, 0.25) is 0 Å². The lowest BCUT2D eigenvalue weighted by Gasteiger charge is -2.24. The first-order chi connectivity index (χ1) is 9.67. The monoisotopic (exact) mass is 298 g/mol. The molecule has 1 unspecified atom stereocenters. The molecule has 0 heterocycles. The number of rotatable bonds is 4. The van der Waals surface area contributed by atoms with Crippen molar-refractivity contribution in [2.24, 2.45) is 5.73 Å². The smallest absolute Gasteiger partial charge is 0.408 e. The van der Waals surface area contributed by atoms with Crippen LogP contribution in [-0.4, -0.2) is 25.3 Å². The van der Waals surface area contributed by atoms with Gasteiger partial charge in [0.25, 0.3) is 0 Å². The summed E-state index contributed by atoms with van der Waals surface area (Å²) < 4.78 is 24.5. The Morgan fingerprint density at radius 2 is 2.05 bits per heavy atom. The van der Waals surface area contributed by atoms with Crippen molar-refractivity contribution in [1.82, 2.24) is 5.32 Å². The summed E-state index contributed by atoms with van der Waals surface area (Å²) in [7, 11) is 1.44. The second-order valence-electron chi connectivity index (χ2n) is 5.80. The molecule has 1 aromatic rings. The molecule has 118 valence electrons. The van der Waals surface area contributed by atoms with E-state index in [9.17, 15) is 9.18 Å². The predicted molar refractivity (Wildman–Crippen MR) is 78.9 cm³/mol. The van der Waals surface area contributed by atoms with Gasteiger partial charge in [-0.1, -0.05) is 0 Å². The fourth-order valence-electron chi connectivity index (χ4n) is 1.93. The quantitative estimate of drug-likeness (QED) is 0.896. The first-order valence-electron chi connectivity index (χ1n) is 6.71. The number of carbonyl (C=O) groups excluding carboxylic acids is 1. The number of nitrogens with two attached hydrogens (primary N) is 1. The maximum absolute atomic E-state index is 14.2. The summed E-state index contributed by atoms with van der Waals surface area (Å²) in [6.07, 6.45) is -0.653. The summed E-state index contributed by atoms with van der Waals surface area (Å²) in [5.41, 5.74) is 5.96. The van der Waals surface area contributed by atoms with Crippen molar-refractivity contribution in [3.8, 4) is 5.75 Å². The number of hydrogen-bond acceptors (Lipinski definition) is 4. The van der Waals surface area contributed by atoms with Gasteiger partial charge in [0, 0.05) is 6.54 Å². The highest BCUT2D eigenvalue weighted by Gasteiger charge is 2.24. The van der Waals surface area contributed by atoms with Crippen LogP contribution in [0.25, 0.3) is 0 Å². The Labute approximate surface area is 124 Å². The second kappa shape index (κ2) is 6.76. The molecule has 1 atom stereocenters. The Balaban J connectivity index is 3.03. The Morgan fingerprint density at radius 1 is 1.43 bits per heavy atom. The molecule has 5 nitrogen and oxygen atoms in total. The molecule has 1 amide bonds. The van der Waals surface area contributed by atoms with Gasteiger partial charge in [0.1, 0.15) is 17.2 Å². The molecule has 0 bridgehead atoms. The van der Waals surface area contributed by atoms with Crippen molar-refractivity contribution >= 4 is 6.09 Å². The van der Waals surface area contributed by atoms with Gasteiger partial charge in [-0.05, 0) is 45.4 Å². The van der Waals surface area contributed by atoms with Gasteiger partial charge in [0.15, 0.2) is 0 Å². The van der Waals surface area contributed by atoms with Gasteiger partial charge in [-0.2, -0.15) is 0 Å². The molecule has 0 aromatic heterocycles. The predicted octanol–water partition coefficient (Wildman–Crippen LogP) is 2.67. The summed E-state index contributed by atoms with van der Waals surface area (Å²) in [4.78, 5) is 11.8. The van der Waals surface area contributed by atoms with Crippen molar-refractivity contribution in [2.45, 2.75) is 39.3 Å². The first-order valence-corrected chi connectivity index (χ1v) is 6.71. The second-order valence-corrected chi connectivity index (χ2v) is 5.80. The van der Waals surface area contributed by atoms with Gasteiger partial charge in [0.2, 0.25) is 0 Å². The van der Waals surface area contributed by atoms with Crippen LogP contribution < -0.4 is 15.8 Å². The van der Waals surface area contributed by atoms with E-state index < -0.39 is 23.6 Å². The molecule has 6 heteroatoms. The van der Waals surface area contributed by atoms with Crippen molar-refractivity contribution in [3.05, 3.63) is 29.1 Å². The number of ether oxygens (including phenoxy) is 2. The van der Waals surface area contributed by atoms with Gasteiger partial charge in [-0.25, -0.2) is 9.18 Å². The lowest BCUT2D eigenvalue weighted by molar-refractivity contribution is 0.0504. The fourth-order valence-corrected chi connectivity index (χ4v) is 1.93. The molecule has 0 spiro atoms. The van der Waals surface area contributed by atoms with Crippen molar-refractivity contribution in [2.75, 3.05) is 13.7 Å². The van der Waals surface area contributed by atoms with Crippen LogP contribution in [0.15, 0.2) is 12.1 Å². The van der Waals surface area contributed by atoms with Crippen LogP contribution >= 0.6 is 0 Å². The SMILES string of the molecule is COc1cc(C)cc(F)c1C(CN)NC(=O)OC(C)(C)C. The molecule has 0 aliphatic heterocycles. The zero-order valence-electron chi connectivity index (χ0n) is 13.1. The minimum atomic E-state index is -0.726. The van der Waals surface area contributed by atoms with Crippen LogP contribution in [0.5, 0.6) is 5.75 Å². The van der Waals surface area contributed by atoms with Gasteiger partial charge in [0.05, 0.1) is 18.7 Å². The highest BCUT2D eigenvalue weighted by molar-refractivity contribution is 5.68. The summed E-state index contributed by atoms with van der Waals surface area (Å²) in [5, 5.41) is 2.57. The number of aryl methyl sites for hydroxylation is 1. The van der Waals surface area contributed by atoms with Crippen LogP contribution in [0, 0.1) is 12.7 Å². The summed E-state index contributed by atoms with van der Waals surface area (Å²) in [5.74, 6) is -0.127. The van der Waals surface area contributed by atoms with E-state index in [1.54, 1.807) is 33.8 Å². The third-order valence-corrected chi connectivity index (χ3v) is 2.73. The van der Waals surface area contributed by atoms with E-state index >= 15 is 0 Å². The third kappa shape index (κ3) is 4.90. The first kappa shape index (κ1) is 17.2. The van der Waals surface area contributed by atoms with Gasteiger partial charge >= 0.3 is 6.09 Å². The van der Waals surface area contributed by atoms with E-state index in [1.165, 1.54) is 13.2 Å². The molecule has 21 heavy (non-hydrogen) atoms. The average Bonchev–Trinajstić information content (AvgIpc) is 2.33. The lowest BCUT2D eigenvalue weighted by atomic mass is 10.0. The number of carbonyl (C=O) groups is 1. The van der Waals surface area contributed by atoms with E-state index in [4.69, 9.17) is 15.2 Å². The highest BCUT2D eigenvalue weighted by atomic mass is 19.1. The summed E-state index contributed by atoms with van der Waals surface area (Å²) in [6.45, 7) is 7.02. The Bertz CT molecular complexity index is 512. The Morgan fingerprint density at radius 3 is 2.52 bits per heavy atom. The third-order valence-electron chi connectivity index (χ3n) is 2.73. The zero-order chi connectivity index (χ0) is 16.2. The molecule has 1 rings (SSSR count). The summed E-state index contributed by atoms with van der Waals surface area (Å²) >= 11 is 0. The summed E-state index contributed by atoms with van der Waals surface area (Å²) in [6, 6.07) is 2.34. The standard InChI is InChI=1S/C15H23FN2O3/c1-9-6-10(16)13(12(7-9)20-5)11(8-17)18-14(19)21-15(2,3)4/h6-7,11H,8,17H2,1-5H3,(H,18,19). The highest BCUT2D eigenvalue weighted by Crippen LogP contribution is 2.29. The molecule has 0 saturated carbocycles. The van der Waals surface area contributed by atoms with Crippen molar-refractivity contribution in [1.29, 1.82) is 0 Å². The number of methoxy groups -OCH3 is 1. The molecular weight excluding hydrogens is 275 g/mol. The van der Waals surface area contributed by atoms with Crippen LogP contribution in [0.3, 0.4) is 0 Å². The number of halogens is 1. The van der Waals surface area contributed by atoms with Gasteiger partial charge in [-0.3, -0.25) is 0 Å². The van der Waals surface area contributed by atoms with E-state index in [0.29, 0.717) is 5.75 Å². The van der Waals surface area contributed by atoms with Crippen molar-refractivity contribution in [3.63, 3.8) is 0 Å². The van der Waals surface area contributed by atoms with E-state index in [1.807, 2.05) is 0 Å². The van der Waals surface area contributed by atoms with Crippen LogP contribution in [-0.2, 0) is 4.74 Å². The average molecular weight is 298 g/mol. The molecule has 0 aliphatic carbocycles. The minimum Gasteiger partial charge on any atom is -0.496 e. The molecule has 1 aromatic carbocycles. The largest absolute Gasteiger partial charge is 0.496 e. The Kier molecular flexibility index (Phi) is 5.54. The van der Waals surface area contributed by atoms with Gasteiger partial charge in [-0.15, -0.1) is 0 Å². The maximum atomic E-state index is 14.2. The number of alkyl carbamates (subject to hydrolysis) is 1. The van der Waals surface area contributed by atoms with E-state index in [2.05, 4.69) is 5.32 Å². The maximum Gasteiger partial charge on any atom is 0.408 e.